The molecule has 0 fully saturated rings. The molecule has 0 spiro atoms. The Labute approximate surface area is 134 Å². The molecule has 0 aliphatic rings. The molecular formula is C7H4Cl3KO2. The zero-order chi connectivity index (χ0) is 9.30. The Balaban J connectivity index is 0. The van der Waals surface area contributed by atoms with Crippen LogP contribution in [0, 0.1) is 0 Å². The molecular weight excluding hydrogens is 262 g/mol. The summed E-state index contributed by atoms with van der Waals surface area (Å²) in [5.74, 6) is -1.17. The molecule has 0 saturated carbocycles. The van der Waals surface area contributed by atoms with Crippen LogP contribution in [0.4, 0.5) is 0 Å². The first-order chi connectivity index (χ1) is 5.52. The second kappa shape index (κ2) is 5.93. The van der Waals surface area contributed by atoms with Crippen LogP contribution >= 0.6 is 34.8 Å². The van der Waals surface area contributed by atoms with Crippen LogP contribution in [0.5, 0.6) is 0 Å². The SMILES string of the molecule is O=C(O)c1c(Cl)cc(Cl)cc1Cl.[H-].[K+]. The van der Waals surface area contributed by atoms with Gasteiger partial charge in [0.25, 0.3) is 0 Å². The van der Waals surface area contributed by atoms with E-state index in [1.165, 1.54) is 12.1 Å². The van der Waals surface area contributed by atoms with Crippen molar-refractivity contribution in [1.82, 2.24) is 0 Å². The fourth-order valence-corrected chi connectivity index (χ4v) is 1.73. The smallest absolute Gasteiger partial charge is 1.00 e. The Morgan fingerprint density at radius 2 is 1.62 bits per heavy atom. The summed E-state index contributed by atoms with van der Waals surface area (Å²) in [5, 5.41) is 9.02. The number of hydrogen-bond donors (Lipinski definition) is 1. The second-order valence-corrected chi connectivity index (χ2v) is 3.30. The van der Waals surface area contributed by atoms with Crippen molar-refractivity contribution in [2.75, 3.05) is 0 Å². The number of carboxylic acid groups (broad SMARTS) is 1. The minimum absolute atomic E-state index is 0. The maximum Gasteiger partial charge on any atom is 1.00 e. The van der Waals surface area contributed by atoms with Crippen LogP contribution in [0.25, 0.3) is 0 Å². The van der Waals surface area contributed by atoms with Crippen LogP contribution in [-0.4, -0.2) is 11.1 Å². The minimum atomic E-state index is -1.17. The van der Waals surface area contributed by atoms with Gasteiger partial charge in [-0.3, -0.25) is 0 Å². The molecule has 0 radical (unpaired) electrons. The van der Waals surface area contributed by atoms with Gasteiger partial charge in [-0.25, -0.2) is 4.79 Å². The monoisotopic (exact) mass is 264 g/mol. The molecule has 0 aliphatic heterocycles. The van der Waals surface area contributed by atoms with E-state index in [9.17, 15) is 4.79 Å². The summed E-state index contributed by atoms with van der Waals surface area (Å²) in [7, 11) is 0. The van der Waals surface area contributed by atoms with E-state index < -0.39 is 5.97 Å². The number of carbonyl (C=O) groups is 1. The van der Waals surface area contributed by atoms with Crippen LogP contribution < -0.4 is 51.4 Å². The zero-order valence-electron chi connectivity index (χ0n) is 7.64. The number of halogens is 3. The Morgan fingerprint density at radius 3 is 1.92 bits per heavy atom. The molecule has 0 saturated heterocycles. The van der Waals surface area contributed by atoms with Crippen molar-refractivity contribution in [2.24, 2.45) is 0 Å². The first kappa shape index (κ1) is 14.2. The number of rotatable bonds is 1. The van der Waals surface area contributed by atoms with Crippen molar-refractivity contribution in [2.45, 2.75) is 0 Å². The van der Waals surface area contributed by atoms with E-state index in [4.69, 9.17) is 39.9 Å². The van der Waals surface area contributed by atoms with Crippen LogP contribution in [0.2, 0.25) is 15.1 Å². The summed E-state index contributed by atoms with van der Waals surface area (Å²) < 4.78 is 0. The standard InChI is InChI=1S/C7H3Cl3O2.K.H/c8-3-1-4(9)6(7(11)12)5(10)2-3;;/h1-2H,(H,11,12);;/q;+1;-1. The molecule has 0 unspecified atom stereocenters. The van der Waals surface area contributed by atoms with Crippen LogP contribution in [0.1, 0.15) is 11.8 Å². The van der Waals surface area contributed by atoms with Gasteiger partial charge in [0.2, 0.25) is 0 Å². The average molecular weight is 266 g/mol. The van der Waals surface area contributed by atoms with Gasteiger partial charge in [0, 0.05) is 5.02 Å². The molecule has 2 nitrogen and oxygen atoms in total. The molecule has 0 atom stereocenters. The zero-order valence-corrected chi connectivity index (χ0v) is 12.0. The minimum Gasteiger partial charge on any atom is -1.00 e. The van der Waals surface area contributed by atoms with Crippen molar-refractivity contribution < 1.29 is 62.7 Å². The third-order valence-electron chi connectivity index (χ3n) is 1.22. The Hall–Kier alpha value is 1.20. The molecule has 0 bridgehead atoms. The van der Waals surface area contributed by atoms with Crippen LogP contribution in [0.3, 0.4) is 0 Å². The molecule has 0 aliphatic carbocycles. The number of benzene rings is 1. The molecule has 1 aromatic carbocycles. The van der Waals surface area contributed by atoms with Crippen molar-refractivity contribution >= 4 is 40.8 Å². The predicted molar refractivity (Wildman–Crippen MR) is 49.5 cm³/mol. The van der Waals surface area contributed by atoms with Crippen LogP contribution in [0.15, 0.2) is 12.1 Å². The molecule has 13 heavy (non-hydrogen) atoms. The average Bonchev–Trinajstić information content (AvgIpc) is 1.82. The van der Waals surface area contributed by atoms with Gasteiger partial charge < -0.3 is 6.53 Å². The summed E-state index contributed by atoms with van der Waals surface area (Å²) in [6.07, 6.45) is 0. The van der Waals surface area contributed by atoms with E-state index >= 15 is 0 Å². The Morgan fingerprint density at radius 1 is 1.23 bits per heavy atom. The summed E-state index contributed by atoms with van der Waals surface area (Å²) in [6.45, 7) is 0. The van der Waals surface area contributed by atoms with Gasteiger partial charge in [0.15, 0.2) is 0 Å². The van der Waals surface area contributed by atoms with Crippen molar-refractivity contribution in [1.29, 1.82) is 0 Å². The Kier molecular flexibility index (Phi) is 6.47. The van der Waals surface area contributed by atoms with Gasteiger partial charge in [0.1, 0.15) is 0 Å². The first-order valence-electron chi connectivity index (χ1n) is 2.90. The second-order valence-electron chi connectivity index (χ2n) is 2.05. The maximum absolute atomic E-state index is 10.5. The molecule has 66 valence electrons. The van der Waals surface area contributed by atoms with Gasteiger partial charge in [-0.15, -0.1) is 0 Å². The third-order valence-corrected chi connectivity index (χ3v) is 2.04. The van der Waals surface area contributed by atoms with Gasteiger partial charge in [-0.05, 0) is 12.1 Å². The summed E-state index contributed by atoms with van der Waals surface area (Å²) in [5.41, 5.74) is -0.122. The van der Waals surface area contributed by atoms with Crippen molar-refractivity contribution in [3.05, 3.63) is 32.8 Å². The molecule has 0 aromatic heterocycles. The molecule has 0 heterocycles. The first-order valence-corrected chi connectivity index (χ1v) is 4.03. The largest absolute Gasteiger partial charge is 1.00 e. The molecule has 1 aromatic rings. The molecule has 6 heteroatoms. The van der Waals surface area contributed by atoms with E-state index in [-0.39, 0.29) is 68.4 Å². The van der Waals surface area contributed by atoms with E-state index in [0.29, 0.717) is 5.02 Å². The van der Waals surface area contributed by atoms with E-state index in [1.807, 2.05) is 0 Å². The van der Waals surface area contributed by atoms with Crippen LogP contribution in [-0.2, 0) is 0 Å². The molecule has 0 amide bonds. The van der Waals surface area contributed by atoms with Gasteiger partial charge >= 0.3 is 57.4 Å². The summed E-state index contributed by atoms with van der Waals surface area (Å²) in [4.78, 5) is 10.5. The van der Waals surface area contributed by atoms with Crippen molar-refractivity contribution in [3.8, 4) is 0 Å². The van der Waals surface area contributed by atoms with Gasteiger partial charge in [0.05, 0.1) is 15.6 Å². The summed E-state index contributed by atoms with van der Waals surface area (Å²) in [6, 6.07) is 2.66. The maximum atomic E-state index is 10.5. The number of hydrogen-bond acceptors (Lipinski definition) is 1. The summed E-state index contributed by atoms with van der Waals surface area (Å²) >= 11 is 16.7. The van der Waals surface area contributed by atoms with E-state index in [0.717, 1.165) is 0 Å². The fraction of sp³-hybridized carbons (Fsp3) is 0. The van der Waals surface area contributed by atoms with E-state index in [2.05, 4.69) is 0 Å². The predicted octanol–water partition coefficient (Wildman–Crippen LogP) is 0.461. The van der Waals surface area contributed by atoms with Gasteiger partial charge in [-0.2, -0.15) is 0 Å². The van der Waals surface area contributed by atoms with Gasteiger partial charge in [-0.1, -0.05) is 34.8 Å². The normalized spacial score (nSPS) is 9.15. The number of aromatic carboxylic acids is 1. The Bertz CT molecular complexity index is 323. The third kappa shape index (κ3) is 3.68. The van der Waals surface area contributed by atoms with Crippen molar-refractivity contribution in [3.63, 3.8) is 0 Å². The number of carboxylic acids is 1. The quantitative estimate of drug-likeness (QED) is 0.749. The van der Waals surface area contributed by atoms with E-state index in [1.54, 1.807) is 0 Å². The molecule has 1 N–H and O–H groups in total. The topological polar surface area (TPSA) is 37.3 Å². The molecule has 1 rings (SSSR count). The fourth-order valence-electron chi connectivity index (χ4n) is 0.747.